The first-order valence-electron chi connectivity index (χ1n) is 12.2. The van der Waals surface area contributed by atoms with Gasteiger partial charge in [0.05, 0.1) is 13.5 Å². The van der Waals surface area contributed by atoms with E-state index in [0.29, 0.717) is 28.5 Å². The lowest BCUT2D eigenvalue weighted by Gasteiger charge is -2.32. The molecule has 1 atom stereocenters. The van der Waals surface area contributed by atoms with E-state index in [2.05, 4.69) is 10.3 Å². The number of fused-ring (bicyclic) bond motifs is 1. The Morgan fingerprint density at radius 3 is 2.45 bits per heavy atom. The fraction of sp³-hybridized carbons (Fsp3) is 0.167. The Balaban J connectivity index is 1.53. The van der Waals surface area contributed by atoms with Crippen molar-refractivity contribution in [3.05, 3.63) is 114 Å². The first-order valence-corrected chi connectivity index (χ1v) is 12.2. The molecule has 0 fully saturated rings. The first kappa shape index (κ1) is 24.8. The minimum Gasteiger partial charge on any atom is -0.497 e. The molecule has 1 unspecified atom stereocenters. The maximum Gasteiger partial charge on any atom is 0.251 e. The average Bonchev–Trinajstić information content (AvgIpc) is 3.42. The molecule has 0 saturated carbocycles. The van der Waals surface area contributed by atoms with Crippen LogP contribution in [0.2, 0.25) is 0 Å². The van der Waals surface area contributed by atoms with Gasteiger partial charge in [-0.1, -0.05) is 42.5 Å². The van der Waals surface area contributed by atoms with Crippen molar-refractivity contribution >= 4 is 17.5 Å². The van der Waals surface area contributed by atoms with Crippen LogP contribution in [-0.4, -0.2) is 35.6 Å². The molecule has 0 bridgehead atoms. The monoisotopic (exact) mass is 509 g/mol. The van der Waals surface area contributed by atoms with Gasteiger partial charge in [-0.05, 0) is 59.2 Å². The van der Waals surface area contributed by atoms with Gasteiger partial charge in [-0.15, -0.1) is 0 Å². The van der Waals surface area contributed by atoms with Crippen molar-refractivity contribution < 1.29 is 23.8 Å². The van der Waals surface area contributed by atoms with Crippen molar-refractivity contribution in [2.75, 3.05) is 19.2 Å². The van der Waals surface area contributed by atoms with E-state index in [9.17, 15) is 9.59 Å². The van der Waals surface area contributed by atoms with Crippen LogP contribution < -0.4 is 19.5 Å². The van der Waals surface area contributed by atoms with Crippen LogP contribution in [0.5, 0.6) is 17.2 Å². The summed E-state index contributed by atoms with van der Waals surface area (Å²) in [4.78, 5) is 33.6. The summed E-state index contributed by atoms with van der Waals surface area (Å²) in [5, 5.41) is 2.97. The van der Waals surface area contributed by atoms with E-state index >= 15 is 0 Å². The standard InChI is InChI=1S/C30H27N3O5/c1-36-25-12-10-24(11-13-25)32-30(35)29(23-9-14-26-27(17-23)38-20-37-26)33(19-22-8-5-15-31-18-22)28(34)16-21-6-3-2-4-7-21/h2-15,17-18,29H,16,19-20H2,1H3,(H,32,35). The van der Waals surface area contributed by atoms with Gasteiger partial charge in [0.1, 0.15) is 11.8 Å². The third-order valence-electron chi connectivity index (χ3n) is 6.22. The van der Waals surface area contributed by atoms with Gasteiger partial charge < -0.3 is 24.4 Å². The van der Waals surface area contributed by atoms with Crippen molar-refractivity contribution in [1.29, 1.82) is 0 Å². The number of pyridine rings is 1. The Morgan fingerprint density at radius 1 is 0.947 bits per heavy atom. The third-order valence-corrected chi connectivity index (χ3v) is 6.22. The van der Waals surface area contributed by atoms with Gasteiger partial charge >= 0.3 is 0 Å². The Kier molecular flexibility index (Phi) is 7.49. The molecule has 1 N–H and O–H groups in total. The summed E-state index contributed by atoms with van der Waals surface area (Å²) in [7, 11) is 1.58. The predicted octanol–water partition coefficient (Wildman–Crippen LogP) is 4.77. The Hall–Kier alpha value is -4.85. The van der Waals surface area contributed by atoms with Crippen LogP contribution in [0.15, 0.2) is 97.3 Å². The zero-order chi connectivity index (χ0) is 26.3. The molecule has 0 radical (unpaired) electrons. The number of anilines is 1. The van der Waals surface area contributed by atoms with Gasteiger partial charge in [0.2, 0.25) is 12.7 Å². The highest BCUT2D eigenvalue weighted by molar-refractivity contribution is 5.98. The molecule has 1 aliphatic rings. The number of hydrogen-bond donors (Lipinski definition) is 1. The number of nitrogens with one attached hydrogen (secondary N) is 1. The zero-order valence-corrected chi connectivity index (χ0v) is 20.9. The summed E-state index contributed by atoms with van der Waals surface area (Å²) in [6.07, 6.45) is 3.50. The molecule has 2 amide bonds. The number of carbonyl (C=O) groups excluding carboxylic acids is 2. The molecule has 8 heteroatoms. The number of methoxy groups -OCH3 is 1. The molecule has 3 aromatic carbocycles. The number of carbonyl (C=O) groups is 2. The van der Waals surface area contributed by atoms with E-state index in [0.717, 1.165) is 11.1 Å². The summed E-state index contributed by atoms with van der Waals surface area (Å²) in [5.41, 5.74) is 2.84. The van der Waals surface area contributed by atoms with Gasteiger partial charge in [0.25, 0.3) is 5.91 Å². The third kappa shape index (κ3) is 5.75. The lowest BCUT2D eigenvalue weighted by molar-refractivity contribution is -0.139. The summed E-state index contributed by atoms with van der Waals surface area (Å²) >= 11 is 0. The van der Waals surface area contributed by atoms with E-state index in [-0.39, 0.29) is 31.6 Å². The van der Waals surface area contributed by atoms with Crippen LogP contribution in [0.25, 0.3) is 0 Å². The lowest BCUT2D eigenvalue weighted by Crippen LogP contribution is -2.41. The molecular weight excluding hydrogens is 482 g/mol. The van der Waals surface area contributed by atoms with Crippen LogP contribution in [0.1, 0.15) is 22.7 Å². The van der Waals surface area contributed by atoms with Crippen molar-refractivity contribution in [2.45, 2.75) is 19.0 Å². The molecule has 1 aromatic heterocycles. The molecular formula is C30H27N3O5. The summed E-state index contributed by atoms with van der Waals surface area (Å²) in [6, 6.07) is 24.5. The van der Waals surface area contributed by atoms with E-state index in [1.807, 2.05) is 42.5 Å². The Morgan fingerprint density at radius 2 is 1.71 bits per heavy atom. The van der Waals surface area contributed by atoms with Crippen LogP contribution >= 0.6 is 0 Å². The van der Waals surface area contributed by atoms with E-state index < -0.39 is 6.04 Å². The molecule has 38 heavy (non-hydrogen) atoms. The second-order valence-corrected chi connectivity index (χ2v) is 8.78. The molecule has 1 aliphatic heterocycles. The molecule has 2 heterocycles. The minimum atomic E-state index is -0.956. The fourth-order valence-corrected chi connectivity index (χ4v) is 4.32. The van der Waals surface area contributed by atoms with Crippen molar-refractivity contribution in [1.82, 2.24) is 9.88 Å². The van der Waals surface area contributed by atoms with Gasteiger partial charge in [-0.2, -0.15) is 0 Å². The summed E-state index contributed by atoms with van der Waals surface area (Å²) < 4.78 is 16.3. The van der Waals surface area contributed by atoms with Gasteiger partial charge in [0, 0.05) is 24.6 Å². The Bertz CT molecular complexity index is 1390. The average molecular weight is 510 g/mol. The topological polar surface area (TPSA) is 90.0 Å². The first-order chi connectivity index (χ1) is 18.6. The highest BCUT2D eigenvalue weighted by Crippen LogP contribution is 2.36. The van der Waals surface area contributed by atoms with Crippen LogP contribution in [0.4, 0.5) is 5.69 Å². The molecule has 0 saturated heterocycles. The summed E-state index contributed by atoms with van der Waals surface area (Å²) in [5.74, 6) is 1.23. The highest BCUT2D eigenvalue weighted by atomic mass is 16.7. The van der Waals surface area contributed by atoms with Crippen molar-refractivity contribution in [3.8, 4) is 17.2 Å². The van der Waals surface area contributed by atoms with Crippen molar-refractivity contribution in [3.63, 3.8) is 0 Å². The zero-order valence-electron chi connectivity index (χ0n) is 20.9. The molecule has 0 aliphatic carbocycles. The smallest absolute Gasteiger partial charge is 0.251 e. The van der Waals surface area contributed by atoms with Crippen molar-refractivity contribution in [2.24, 2.45) is 0 Å². The normalized spacial score (nSPS) is 12.4. The molecule has 4 aromatic rings. The molecule has 0 spiro atoms. The number of nitrogens with zero attached hydrogens (tertiary/aromatic N) is 2. The number of ether oxygens (including phenoxy) is 3. The second-order valence-electron chi connectivity index (χ2n) is 8.78. The van der Waals surface area contributed by atoms with Crippen LogP contribution in [0, 0.1) is 0 Å². The fourth-order valence-electron chi connectivity index (χ4n) is 4.32. The number of aromatic nitrogens is 1. The predicted molar refractivity (Wildman–Crippen MR) is 142 cm³/mol. The van der Waals surface area contributed by atoms with Crippen LogP contribution in [-0.2, 0) is 22.6 Å². The largest absolute Gasteiger partial charge is 0.497 e. The quantitative estimate of drug-likeness (QED) is 0.350. The molecule has 5 rings (SSSR count). The van der Waals surface area contributed by atoms with Gasteiger partial charge in [0.15, 0.2) is 11.5 Å². The Labute approximate surface area is 220 Å². The number of benzene rings is 3. The van der Waals surface area contributed by atoms with E-state index in [1.165, 1.54) is 0 Å². The molecule has 8 nitrogen and oxygen atoms in total. The summed E-state index contributed by atoms with van der Waals surface area (Å²) in [6.45, 7) is 0.294. The lowest BCUT2D eigenvalue weighted by atomic mass is 10.0. The van der Waals surface area contributed by atoms with E-state index in [4.69, 9.17) is 14.2 Å². The highest BCUT2D eigenvalue weighted by Gasteiger charge is 2.33. The SMILES string of the molecule is COc1ccc(NC(=O)C(c2ccc3c(c2)OCO3)N(Cc2cccnc2)C(=O)Cc2ccccc2)cc1. The minimum absolute atomic E-state index is 0.105. The number of amides is 2. The number of rotatable bonds is 9. The maximum atomic E-state index is 13.9. The van der Waals surface area contributed by atoms with Crippen LogP contribution in [0.3, 0.4) is 0 Å². The molecule has 192 valence electrons. The maximum absolute atomic E-state index is 13.9. The number of hydrogen-bond acceptors (Lipinski definition) is 6. The van der Waals surface area contributed by atoms with Gasteiger partial charge in [-0.3, -0.25) is 14.6 Å². The van der Waals surface area contributed by atoms with E-state index in [1.54, 1.807) is 66.9 Å². The van der Waals surface area contributed by atoms with Gasteiger partial charge in [-0.25, -0.2) is 0 Å². The second kappa shape index (κ2) is 11.5.